The van der Waals surface area contributed by atoms with Crippen molar-refractivity contribution in [1.29, 1.82) is 0 Å². The first-order valence-electron chi connectivity index (χ1n) is 7.25. The van der Waals surface area contributed by atoms with Crippen LogP contribution in [0.2, 0.25) is 0 Å². The summed E-state index contributed by atoms with van der Waals surface area (Å²) >= 11 is 0. The van der Waals surface area contributed by atoms with Crippen LogP contribution in [0.15, 0.2) is 34.0 Å². The Kier molecular flexibility index (Phi) is 3.84. The molecular formula is C17H16FN3O3. The van der Waals surface area contributed by atoms with Gasteiger partial charge in [-0.3, -0.25) is 0 Å². The maximum absolute atomic E-state index is 14.4. The molecule has 3 aromatic rings. The first-order valence-corrected chi connectivity index (χ1v) is 7.25. The number of aromatic hydroxyl groups is 1. The zero-order valence-electron chi connectivity index (χ0n) is 13.4. The van der Waals surface area contributed by atoms with Crippen LogP contribution in [0.5, 0.6) is 5.75 Å². The van der Waals surface area contributed by atoms with Gasteiger partial charge >= 0.3 is 0 Å². The summed E-state index contributed by atoms with van der Waals surface area (Å²) in [6, 6.07) is 3.84. The Labute approximate surface area is 137 Å². The largest absolute Gasteiger partial charge is 0.508 e. The quantitative estimate of drug-likeness (QED) is 0.436. The molecule has 2 N–H and O–H groups in total. The van der Waals surface area contributed by atoms with Crippen LogP contribution in [0, 0.1) is 26.6 Å². The van der Waals surface area contributed by atoms with Gasteiger partial charge in [0.1, 0.15) is 17.2 Å². The zero-order valence-corrected chi connectivity index (χ0v) is 13.4. The van der Waals surface area contributed by atoms with Crippen molar-refractivity contribution in [2.24, 2.45) is 5.16 Å². The van der Waals surface area contributed by atoms with Crippen molar-refractivity contribution >= 4 is 6.21 Å². The van der Waals surface area contributed by atoms with Crippen molar-refractivity contribution < 1.29 is 19.1 Å². The van der Waals surface area contributed by atoms with E-state index < -0.39 is 5.82 Å². The Bertz CT molecular complexity index is 921. The first-order chi connectivity index (χ1) is 11.4. The molecule has 2 heterocycles. The molecule has 3 rings (SSSR count). The molecular weight excluding hydrogens is 313 g/mol. The number of rotatable bonds is 3. The average Bonchev–Trinajstić information content (AvgIpc) is 3.00. The van der Waals surface area contributed by atoms with Gasteiger partial charge in [0.2, 0.25) is 0 Å². The molecule has 124 valence electrons. The predicted octanol–water partition coefficient (Wildman–Crippen LogP) is 3.71. The van der Waals surface area contributed by atoms with E-state index in [4.69, 9.17) is 9.62 Å². The fourth-order valence-electron chi connectivity index (χ4n) is 2.76. The van der Waals surface area contributed by atoms with Crippen LogP contribution in [0.25, 0.3) is 16.9 Å². The molecule has 0 radical (unpaired) electrons. The van der Waals surface area contributed by atoms with Crippen LogP contribution in [-0.2, 0) is 0 Å². The third-order valence-corrected chi connectivity index (χ3v) is 3.85. The Morgan fingerprint density at radius 3 is 2.62 bits per heavy atom. The smallest absolute Gasteiger partial charge is 0.152 e. The van der Waals surface area contributed by atoms with E-state index in [2.05, 4.69) is 10.3 Å². The number of oxime groups is 1. The second-order valence-electron chi connectivity index (χ2n) is 5.49. The molecule has 0 unspecified atom stereocenters. The molecule has 6 nitrogen and oxygen atoms in total. The molecule has 0 aliphatic carbocycles. The van der Waals surface area contributed by atoms with E-state index in [1.54, 1.807) is 20.1 Å². The number of aromatic nitrogens is 2. The number of aryl methyl sites for hydroxylation is 3. The summed E-state index contributed by atoms with van der Waals surface area (Å²) in [5, 5.41) is 25.9. The van der Waals surface area contributed by atoms with Crippen molar-refractivity contribution in [3.05, 3.63) is 52.9 Å². The SMILES string of the molecule is Cc1coc(C)c1-c1c(C=NO)c(C)nn1-c1ccc(O)cc1F. The van der Waals surface area contributed by atoms with Crippen molar-refractivity contribution in [3.63, 3.8) is 0 Å². The fourth-order valence-corrected chi connectivity index (χ4v) is 2.76. The molecule has 0 atom stereocenters. The van der Waals surface area contributed by atoms with Gasteiger partial charge < -0.3 is 14.7 Å². The normalized spacial score (nSPS) is 11.5. The van der Waals surface area contributed by atoms with E-state index in [1.165, 1.54) is 23.0 Å². The first kappa shape index (κ1) is 15.8. The van der Waals surface area contributed by atoms with Gasteiger partial charge in [0.15, 0.2) is 5.82 Å². The predicted molar refractivity (Wildman–Crippen MR) is 86.5 cm³/mol. The summed E-state index contributed by atoms with van der Waals surface area (Å²) in [5.74, 6) is -0.153. The molecule has 2 aromatic heterocycles. The highest BCUT2D eigenvalue weighted by molar-refractivity contribution is 5.91. The van der Waals surface area contributed by atoms with E-state index in [0.29, 0.717) is 22.7 Å². The maximum Gasteiger partial charge on any atom is 0.152 e. The van der Waals surface area contributed by atoms with Crippen molar-refractivity contribution in [2.75, 3.05) is 0 Å². The summed E-state index contributed by atoms with van der Waals surface area (Å²) < 4.78 is 21.2. The monoisotopic (exact) mass is 329 g/mol. The lowest BCUT2D eigenvalue weighted by Gasteiger charge is -2.10. The van der Waals surface area contributed by atoms with Crippen molar-refractivity contribution in [2.45, 2.75) is 20.8 Å². The van der Waals surface area contributed by atoms with E-state index in [0.717, 1.165) is 17.2 Å². The lowest BCUT2D eigenvalue weighted by Crippen LogP contribution is -2.03. The maximum atomic E-state index is 14.4. The lowest BCUT2D eigenvalue weighted by atomic mass is 10.0. The summed E-state index contributed by atoms with van der Waals surface area (Å²) in [6.45, 7) is 5.40. The van der Waals surface area contributed by atoms with Gasteiger partial charge in [0, 0.05) is 17.2 Å². The zero-order chi connectivity index (χ0) is 17.4. The second kappa shape index (κ2) is 5.84. The van der Waals surface area contributed by atoms with E-state index in [9.17, 15) is 9.50 Å². The number of hydrogen-bond acceptors (Lipinski definition) is 5. The van der Waals surface area contributed by atoms with E-state index >= 15 is 0 Å². The molecule has 0 amide bonds. The highest BCUT2D eigenvalue weighted by Crippen LogP contribution is 2.35. The number of hydrogen-bond donors (Lipinski definition) is 2. The van der Waals surface area contributed by atoms with E-state index in [-0.39, 0.29) is 11.4 Å². The highest BCUT2D eigenvalue weighted by Gasteiger charge is 2.23. The van der Waals surface area contributed by atoms with Gasteiger partial charge in [-0.05, 0) is 38.5 Å². The minimum absolute atomic E-state index is 0.170. The molecule has 0 bridgehead atoms. The molecule has 0 fully saturated rings. The molecule has 7 heteroatoms. The van der Waals surface area contributed by atoms with Gasteiger partial charge in [-0.25, -0.2) is 9.07 Å². The summed E-state index contributed by atoms with van der Waals surface area (Å²) in [7, 11) is 0. The number of phenolic OH excluding ortho intramolecular Hbond substituents is 1. The highest BCUT2D eigenvalue weighted by atomic mass is 19.1. The Hall–Kier alpha value is -3.09. The van der Waals surface area contributed by atoms with Crippen LogP contribution in [0.3, 0.4) is 0 Å². The van der Waals surface area contributed by atoms with Crippen LogP contribution in [0.1, 0.15) is 22.6 Å². The van der Waals surface area contributed by atoms with Crippen LogP contribution in [-0.4, -0.2) is 26.3 Å². The minimum atomic E-state index is -0.620. The van der Waals surface area contributed by atoms with Crippen LogP contribution >= 0.6 is 0 Å². The number of benzene rings is 1. The van der Waals surface area contributed by atoms with Gasteiger partial charge in [0.05, 0.1) is 23.9 Å². The van der Waals surface area contributed by atoms with E-state index in [1.807, 2.05) is 6.92 Å². The number of furan rings is 1. The summed E-state index contributed by atoms with van der Waals surface area (Å²) in [5.41, 5.74) is 3.44. The van der Waals surface area contributed by atoms with Gasteiger partial charge in [-0.15, -0.1) is 0 Å². The third-order valence-electron chi connectivity index (χ3n) is 3.85. The average molecular weight is 329 g/mol. The minimum Gasteiger partial charge on any atom is -0.508 e. The second-order valence-corrected chi connectivity index (χ2v) is 5.49. The van der Waals surface area contributed by atoms with Crippen LogP contribution in [0.4, 0.5) is 4.39 Å². The topological polar surface area (TPSA) is 83.8 Å². The molecule has 0 spiro atoms. The van der Waals surface area contributed by atoms with Crippen molar-refractivity contribution in [1.82, 2.24) is 9.78 Å². The van der Waals surface area contributed by atoms with Gasteiger partial charge in [-0.2, -0.15) is 5.10 Å². The fraction of sp³-hybridized carbons (Fsp3) is 0.176. The molecule has 0 saturated carbocycles. The molecule has 24 heavy (non-hydrogen) atoms. The number of phenols is 1. The molecule has 1 aromatic carbocycles. The standard InChI is InChI=1S/C17H16FN3O3/c1-9-8-24-11(3)16(9)17-13(7-19-23)10(2)20-21(17)15-5-4-12(22)6-14(15)18/h4-8,22-23H,1-3H3. The Morgan fingerprint density at radius 2 is 2.04 bits per heavy atom. The molecule has 0 saturated heterocycles. The summed E-state index contributed by atoms with van der Waals surface area (Å²) in [6.07, 6.45) is 2.86. The third kappa shape index (κ3) is 2.44. The van der Waals surface area contributed by atoms with Crippen LogP contribution < -0.4 is 0 Å². The Morgan fingerprint density at radius 1 is 1.29 bits per heavy atom. The summed E-state index contributed by atoms with van der Waals surface area (Å²) in [4.78, 5) is 0. The van der Waals surface area contributed by atoms with Crippen molar-refractivity contribution in [3.8, 4) is 22.7 Å². The lowest BCUT2D eigenvalue weighted by molar-refractivity contribution is 0.322. The van der Waals surface area contributed by atoms with Gasteiger partial charge in [-0.1, -0.05) is 5.16 Å². The number of nitrogens with zero attached hydrogens (tertiary/aromatic N) is 3. The van der Waals surface area contributed by atoms with Gasteiger partial charge in [0.25, 0.3) is 0 Å². The number of halogens is 1. The molecule has 0 aliphatic heterocycles. The Balaban J connectivity index is 2.37. The molecule has 0 aliphatic rings.